The number of benzene rings is 1. The molecule has 1 atom stereocenters. The Labute approximate surface area is 203 Å². The number of ether oxygens (including phenoxy) is 1. The molecule has 0 bridgehead atoms. The highest BCUT2D eigenvalue weighted by molar-refractivity contribution is 5.96. The van der Waals surface area contributed by atoms with E-state index in [1.165, 1.54) is 0 Å². The Morgan fingerprint density at radius 1 is 0.941 bits per heavy atom. The molecule has 0 radical (unpaired) electrons. The quantitative estimate of drug-likeness (QED) is 0.295. The van der Waals surface area contributed by atoms with Gasteiger partial charge in [0.25, 0.3) is 0 Å². The molecule has 0 aromatic heterocycles. The maximum atomic E-state index is 12.5. The first-order valence-corrected chi connectivity index (χ1v) is 12.1. The van der Waals surface area contributed by atoms with Crippen LogP contribution in [0.15, 0.2) is 24.3 Å². The number of esters is 1. The number of unbranched alkanes of at least 4 members (excludes halogenated alkanes) is 3. The van der Waals surface area contributed by atoms with Crippen molar-refractivity contribution in [3.05, 3.63) is 29.8 Å². The van der Waals surface area contributed by atoms with Gasteiger partial charge in [0.15, 0.2) is 0 Å². The summed E-state index contributed by atoms with van der Waals surface area (Å²) in [7, 11) is 0. The molecule has 1 unspecified atom stereocenters. The fraction of sp³-hybridized carbons (Fsp3) is 0.615. The highest BCUT2D eigenvalue weighted by Crippen LogP contribution is 2.17. The van der Waals surface area contributed by atoms with Crippen LogP contribution in [-0.2, 0) is 30.5 Å². The fourth-order valence-electron chi connectivity index (χ4n) is 3.03. The Morgan fingerprint density at radius 2 is 1.59 bits per heavy atom. The molecule has 0 saturated carbocycles. The number of hydrogen-bond donors (Lipinski definition) is 3. The molecule has 0 aliphatic heterocycles. The zero-order valence-electron chi connectivity index (χ0n) is 21.5. The summed E-state index contributed by atoms with van der Waals surface area (Å²) < 4.78 is 5.28. The normalized spacial score (nSPS) is 12.1. The van der Waals surface area contributed by atoms with E-state index in [1.807, 2.05) is 13.8 Å². The van der Waals surface area contributed by atoms with Crippen LogP contribution in [0.25, 0.3) is 0 Å². The lowest BCUT2D eigenvalue weighted by molar-refractivity contribution is -0.154. The van der Waals surface area contributed by atoms with Crippen LogP contribution in [0.3, 0.4) is 0 Å². The number of carbonyl (C=O) groups excluding carboxylic acids is 4. The molecule has 1 aromatic carbocycles. The van der Waals surface area contributed by atoms with Crippen LogP contribution >= 0.6 is 0 Å². The van der Waals surface area contributed by atoms with Crippen LogP contribution in [-0.4, -0.2) is 36.3 Å². The van der Waals surface area contributed by atoms with Gasteiger partial charge in [-0.1, -0.05) is 52.2 Å². The van der Waals surface area contributed by atoms with E-state index in [0.717, 1.165) is 31.2 Å². The van der Waals surface area contributed by atoms with Crippen molar-refractivity contribution < 1.29 is 23.9 Å². The number of anilines is 1. The van der Waals surface area contributed by atoms with Crippen molar-refractivity contribution in [1.29, 1.82) is 0 Å². The largest absolute Gasteiger partial charge is 0.460 e. The van der Waals surface area contributed by atoms with Gasteiger partial charge in [0.05, 0.1) is 12.0 Å². The molecule has 8 heteroatoms. The molecule has 3 N–H and O–H groups in total. The number of nitrogens with one attached hydrogen (secondary N) is 3. The molecular weight excluding hydrogens is 434 g/mol. The van der Waals surface area contributed by atoms with Crippen molar-refractivity contribution in [3.63, 3.8) is 0 Å². The summed E-state index contributed by atoms with van der Waals surface area (Å²) in [5, 5.41) is 8.10. The molecule has 0 aliphatic rings. The van der Waals surface area contributed by atoms with Crippen LogP contribution in [0.1, 0.15) is 79.2 Å². The topological polar surface area (TPSA) is 114 Å². The Hall–Kier alpha value is -2.90. The lowest BCUT2D eigenvalue weighted by Gasteiger charge is -2.21. The van der Waals surface area contributed by atoms with E-state index in [-0.39, 0.29) is 42.8 Å². The minimum atomic E-state index is -0.693. The van der Waals surface area contributed by atoms with Gasteiger partial charge in [-0.3, -0.25) is 19.2 Å². The summed E-state index contributed by atoms with van der Waals surface area (Å²) in [4.78, 5) is 48.8. The Balaban J connectivity index is 2.48. The van der Waals surface area contributed by atoms with Gasteiger partial charge < -0.3 is 20.7 Å². The molecule has 1 aromatic rings. The van der Waals surface area contributed by atoms with Crippen molar-refractivity contribution in [1.82, 2.24) is 10.6 Å². The van der Waals surface area contributed by atoms with E-state index >= 15 is 0 Å². The van der Waals surface area contributed by atoms with Crippen LogP contribution in [0.4, 0.5) is 5.69 Å². The van der Waals surface area contributed by atoms with Crippen molar-refractivity contribution >= 4 is 29.4 Å². The third kappa shape index (κ3) is 11.3. The third-order valence-corrected chi connectivity index (χ3v) is 5.17. The highest BCUT2D eigenvalue weighted by atomic mass is 16.5. The lowest BCUT2D eigenvalue weighted by Crippen LogP contribution is -2.51. The number of hydrogen-bond acceptors (Lipinski definition) is 5. The van der Waals surface area contributed by atoms with Gasteiger partial charge in [-0.25, -0.2) is 0 Å². The molecule has 0 spiro atoms. The van der Waals surface area contributed by atoms with Gasteiger partial charge in [0.1, 0.15) is 12.6 Å². The third-order valence-electron chi connectivity index (χ3n) is 5.17. The number of rotatable bonds is 13. The van der Waals surface area contributed by atoms with Crippen LogP contribution in [0, 0.1) is 11.3 Å². The smallest absolute Gasteiger partial charge is 0.311 e. The van der Waals surface area contributed by atoms with Gasteiger partial charge >= 0.3 is 5.97 Å². The van der Waals surface area contributed by atoms with E-state index in [4.69, 9.17) is 4.74 Å². The van der Waals surface area contributed by atoms with Gasteiger partial charge in [-0.15, -0.1) is 0 Å². The second kappa shape index (κ2) is 14.4. The monoisotopic (exact) mass is 475 g/mol. The van der Waals surface area contributed by atoms with Gasteiger partial charge in [0, 0.05) is 12.1 Å². The fourth-order valence-corrected chi connectivity index (χ4v) is 3.03. The first kappa shape index (κ1) is 29.1. The van der Waals surface area contributed by atoms with Gasteiger partial charge in [-0.2, -0.15) is 0 Å². The Kier molecular flexibility index (Phi) is 12.3. The lowest BCUT2D eigenvalue weighted by atomic mass is 9.97. The average Bonchev–Trinajstić information content (AvgIpc) is 2.77. The van der Waals surface area contributed by atoms with Gasteiger partial charge in [-0.05, 0) is 50.8 Å². The maximum Gasteiger partial charge on any atom is 0.311 e. The Morgan fingerprint density at radius 3 is 2.15 bits per heavy atom. The predicted molar refractivity (Wildman–Crippen MR) is 133 cm³/mol. The molecule has 0 aliphatic carbocycles. The minimum absolute atomic E-state index is 0.109. The molecule has 8 nitrogen and oxygen atoms in total. The van der Waals surface area contributed by atoms with Crippen molar-refractivity contribution in [2.75, 3.05) is 11.9 Å². The second-order valence-electron chi connectivity index (χ2n) is 9.89. The number of amides is 3. The van der Waals surface area contributed by atoms with Crippen molar-refractivity contribution in [2.24, 2.45) is 11.3 Å². The highest BCUT2D eigenvalue weighted by Gasteiger charge is 2.24. The van der Waals surface area contributed by atoms with Crippen LogP contribution < -0.4 is 16.0 Å². The summed E-state index contributed by atoms with van der Waals surface area (Å²) in [6.45, 7) is 11.1. The molecule has 0 fully saturated rings. The molecule has 3 amide bonds. The zero-order valence-corrected chi connectivity index (χ0v) is 21.5. The van der Waals surface area contributed by atoms with E-state index in [0.29, 0.717) is 12.1 Å². The Bertz CT molecular complexity index is 813. The van der Waals surface area contributed by atoms with E-state index in [9.17, 15) is 19.2 Å². The summed E-state index contributed by atoms with van der Waals surface area (Å²) in [5.41, 5.74) is 0.796. The van der Waals surface area contributed by atoms with Crippen LogP contribution in [0.5, 0.6) is 0 Å². The van der Waals surface area contributed by atoms with Crippen molar-refractivity contribution in [3.8, 4) is 0 Å². The first-order valence-electron chi connectivity index (χ1n) is 12.1. The average molecular weight is 476 g/mol. The van der Waals surface area contributed by atoms with E-state index in [1.54, 1.807) is 45.0 Å². The predicted octanol–water partition coefficient (Wildman–Crippen LogP) is 3.94. The molecule has 34 heavy (non-hydrogen) atoms. The summed E-state index contributed by atoms with van der Waals surface area (Å²) in [5.74, 6) is -1.31. The van der Waals surface area contributed by atoms with Crippen LogP contribution in [0.2, 0.25) is 0 Å². The number of carbonyl (C=O) groups is 4. The summed E-state index contributed by atoms with van der Waals surface area (Å²) >= 11 is 0. The SMILES string of the molecule is CCCCCCC(=O)NC(C(=O)NCC(=O)Nc1ccc(COC(=O)C(C)(C)C)cc1)C(C)C. The standard InChI is InChI=1S/C26H41N3O5/c1-7-8-9-10-11-21(30)29-23(18(2)3)24(32)27-16-22(31)28-20-14-12-19(13-15-20)17-34-25(33)26(4,5)6/h12-15,18,23H,7-11,16-17H2,1-6H3,(H,27,32)(H,28,31)(H,29,30). The molecule has 190 valence electrons. The molecule has 0 saturated heterocycles. The maximum absolute atomic E-state index is 12.5. The molecular formula is C26H41N3O5. The second-order valence-corrected chi connectivity index (χ2v) is 9.89. The molecule has 0 heterocycles. The zero-order chi connectivity index (χ0) is 25.7. The van der Waals surface area contributed by atoms with Crippen molar-refractivity contribution in [2.45, 2.75) is 86.3 Å². The molecule has 1 rings (SSSR count). The van der Waals surface area contributed by atoms with E-state index in [2.05, 4.69) is 22.9 Å². The van der Waals surface area contributed by atoms with Gasteiger partial charge in [0.2, 0.25) is 17.7 Å². The summed E-state index contributed by atoms with van der Waals surface area (Å²) in [6.07, 6.45) is 4.36. The summed E-state index contributed by atoms with van der Waals surface area (Å²) in [6, 6.07) is 6.23. The first-order chi connectivity index (χ1) is 15.9. The van der Waals surface area contributed by atoms with E-state index < -0.39 is 11.5 Å². The minimum Gasteiger partial charge on any atom is -0.460 e.